The topological polar surface area (TPSA) is 29.1 Å². The van der Waals surface area contributed by atoms with Gasteiger partial charge >= 0.3 is 0 Å². The molecule has 0 bridgehead atoms. The van der Waals surface area contributed by atoms with Gasteiger partial charge in [0.1, 0.15) is 0 Å². The first-order valence-electron chi connectivity index (χ1n) is 3.85. The summed E-state index contributed by atoms with van der Waals surface area (Å²) in [5.74, 6) is -0.0182. The van der Waals surface area contributed by atoms with Crippen molar-refractivity contribution in [3.8, 4) is 0 Å². The quantitative estimate of drug-likeness (QED) is 0.699. The highest BCUT2D eigenvalue weighted by Crippen LogP contribution is 2.08. The molecule has 0 aliphatic rings. The first kappa shape index (κ1) is 8.61. The van der Waals surface area contributed by atoms with Crippen LogP contribution in [0, 0.1) is 12.1 Å². The van der Waals surface area contributed by atoms with Crippen LogP contribution in [-0.2, 0) is 4.79 Å². The molecule has 12 heavy (non-hydrogen) atoms. The van der Waals surface area contributed by atoms with E-state index in [0.717, 1.165) is 5.56 Å². The molecule has 0 spiro atoms. The third kappa shape index (κ3) is 2.28. The maximum Gasteiger partial charge on any atom is 0.217 e. The molecule has 1 amide bonds. The molecule has 0 saturated carbocycles. The van der Waals surface area contributed by atoms with E-state index in [1.807, 2.05) is 19.1 Å². The van der Waals surface area contributed by atoms with Gasteiger partial charge in [0.2, 0.25) is 5.91 Å². The molecule has 62 valence electrons. The summed E-state index contributed by atoms with van der Waals surface area (Å²) in [6.45, 7) is 3.44. The lowest BCUT2D eigenvalue weighted by Crippen LogP contribution is -2.23. The van der Waals surface area contributed by atoms with Crippen molar-refractivity contribution in [2.75, 3.05) is 0 Å². The second-order valence-corrected chi connectivity index (χ2v) is 2.69. The minimum Gasteiger partial charge on any atom is -0.350 e. The molecule has 2 nitrogen and oxygen atoms in total. The van der Waals surface area contributed by atoms with Crippen LogP contribution < -0.4 is 5.32 Å². The Morgan fingerprint density at radius 1 is 1.58 bits per heavy atom. The van der Waals surface area contributed by atoms with E-state index in [1.165, 1.54) is 6.92 Å². The van der Waals surface area contributed by atoms with E-state index in [1.54, 1.807) is 6.07 Å². The van der Waals surface area contributed by atoms with Crippen LogP contribution in [0.4, 0.5) is 0 Å². The van der Waals surface area contributed by atoms with E-state index in [4.69, 9.17) is 0 Å². The molecule has 0 aliphatic heterocycles. The largest absolute Gasteiger partial charge is 0.350 e. The summed E-state index contributed by atoms with van der Waals surface area (Å²) in [5, 5.41) is 2.79. The summed E-state index contributed by atoms with van der Waals surface area (Å²) in [6.07, 6.45) is 0. The smallest absolute Gasteiger partial charge is 0.217 e. The molecule has 1 N–H and O–H groups in total. The normalized spacial score (nSPS) is 11.5. The predicted molar refractivity (Wildman–Crippen MR) is 46.3 cm³/mol. The van der Waals surface area contributed by atoms with E-state index in [2.05, 4.69) is 17.4 Å². The Labute approximate surface area is 72.6 Å². The lowest BCUT2D eigenvalue weighted by atomic mass is 10.1. The van der Waals surface area contributed by atoms with E-state index >= 15 is 0 Å². The number of amides is 1. The van der Waals surface area contributed by atoms with Gasteiger partial charge in [0.05, 0.1) is 6.04 Å². The zero-order valence-corrected chi connectivity index (χ0v) is 7.22. The molecule has 1 aromatic rings. The van der Waals surface area contributed by atoms with Crippen LogP contribution in [0.15, 0.2) is 18.2 Å². The summed E-state index contributed by atoms with van der Waals surface area (Å²) < 4.78 is 0. The van der Waals surface area contributed by atoms with Crippen molar-refractivity contribution < 1.29 is 4.79 Å². The molecule has 1 unspecified atom stereocenters. The third-order valence-corrected chi connectivity index (χ3v) is 1.60. The van der Waals surface area contributed by atoms with Crippen LogP contribution in [0.3, 0.4) is 0 Å². The minimum absolute atomic E-state index is 0.0182. The Kier molecular flexibility index (Phi) is 2.71. The van der Waals surface area contributed by atoms with E-state index in [-0.39, 0.29) is 11.9 Å². The Hall–Kier alpha value is -1.49. The standard InChI is InChI=1S/C10H11NO/c1-8(11-9(2)12)10-6-4-3-5-7-10/h4,6-8H,1-2H3,(H,11,12). The SMILES string of the molecule is CC(=O)NC(C)c1cc#ccc1. The van der Waals surface area contributed by atoms with Crippen molar-refractivity contribution in [1.29, 1.82) is 0 Å². The van der Waals surface area contributed by atoms with Crippen molar-refractivity contribution in [1.82, 2.24) is 5.32 Å². The van der Waals surface area contributed by atoms with Crippen LogP contribution in [0.25, 0.3) is 0 Å². The zero-order chi connectivity index (χ0) is 8.97. The highest BCUT2D eigenvalue weighted by Gasteiger charge is 2.03. The van der Waals surface area contributed by atoms with Crippen LogP contribution >= 0.6 is 0 Å². The summed E-state index contributed by atoms with van der Waals surface area (Å²) in [5.41, 5.74) is 1.05. The summed E-state index contributed by atoms with van der Waals surface area (Å²) in [6, 6.07) is 11.2. The average Bonchev–Trinajstić information content (AvgIpc) is 2.05. The second-order valence-electron chi connectivity index (χ2n) is 2.69. The monoisotopic (exact) mass is 161 g/mol. The third-order valence-electron chi connectivity index (χ3n) is 1.60. The highest BCUT2D eigenvalue weighted by atomic mass is 16.1. The minimum atomic E-state index is -0.0182. The zero-order valence-electron chi connectivity index (χ0n) is 7.22. The molecule has 0 aliphatic carbocycles. The molecule has 1 rings (SSSR count). The van der Waals surface area contributed by atoms with Crippen LogP contribution in [0.1, 0.15) is 25.5 Å². The van der Waals surface area contributed by atoms with E-state index in [9.17, 15) is 4.79 Å². The number of carbonyl (C=O) groups excluding carboxylic acids is 1. The van der Waals surface area contributed by atoms with Crippen molar-refractivity contribution in [2.45, 2.75) is 19.9 Å². The Morgan fingerprint density at radius 3 is 2.83 bits per heavy atom. The fourth-order valence-electron chi connectivity index (χ4n) is 1.02. The number of nitrogens with one attached hydrogen (secondary N) is 1. The molecule has 2 heteroatoms. The van der Waals surface area contributed by atoms with Crippen LogP contribution in [0.2, 0.25) is 0 Å². The number of hydrogen-bond acceptors (Lipinski definition) is 1. The maximum absolute atomic E-state index is 10.7. The van der Waals surface area contributed by atoms with Gasteiger partial charge < -0.3 is 5.32 Å². The molecule has 1 aromatic carbocycles. The maximum atomic E-state index is 10.7. The highest BCUT2D eigenvalue weighted by molar-refractivity contribution is 5.73. The number of rotatable bonds is 2. The molecular weight excluding hydrogens is 150 g/mol. The van der Waals surface area contributed by atoms with Crippen molar-refractivity contribution in [3.63, 3.8) is 0 Å². The predicted octanol–water partition coefficient (Wildman–Crippen LogP) is 1.48. The van der Waals surface area contributed by atoms with Gasteiger partial charge in [-0.15, -0.1) is 0 Å². The van der Waals surface area contributed by atoms with Crippen molar-refractivity contribution in [2.24, 2.45) is 0 Å². The first-order valence-corrected chi connectivity index (χ1v) is 3.85. The van der Waals surface area contributed by atoms with Crippen molar-refractivity contribution in [3.05, 3.63) is 35.9 Å². The molecule has 0 heterocycles. The van der Waals surface area contributed by atoms with E-state index < -0.39 is 0 Å². The Balaban J connectivity index is 2.65. The molecular formula is C10H11NO. The second kappa shape index (κ2) is 3.77. The molecule has 0 saturated heterocycles. The fourth-order valence-corrected chi connectivity index (χ4v) is 1.02. The van der Waals surface area contributed by atoms with Gasteiger partial charge in [-0.05, 0) is 30.7 Å². The summed E-state index contributed by atoms with van der Waals surface area (Å²) >= 11 is 0. The fraction of sp³-hybridized carbons (Fsp3) is 0.300. The molecule has 0 fully saturated rings. The lowest BCUT2D eigenvalue weighted by molar-refractivity contribution is -0.119. The average molecular weight is 161 g/mol. The summed E-state index contributed by atoms with van der Waals surface area (Å²) in [7, 11) is 0. The van der Waals surface area contributed by atoms with Crippen LogP contribution in [0.5, 0.6) is 0 Å². The Morgan fingerprint density at radius 2 is 2.33 bits per heavy atom. The lowest BCUT2D eigenvalue weighted by Gasteiger charge is -2.10. The first-order chi connectivity index (χ1) is 5.70. The summed E-state index contributed by atoms with van der Waals surface area (Å²) in [4.78, 5) is 10.7. The van der Waals surface area contributed by atoms with Gasteiger partial charge in [-0.3, -0.25) is 4.79 Å². The van der Waals surface area contributed by atoms with Crippen LogP contribution in [-0.4, -0.2) is 5.91 Å². The number of carbonyl (C=O) groups is 1. The van der Waals surface area contributed by atoms with E-state index in [0.29, 0.717) is 0 Å². The number of hydrogen-bond donors (Lipinski definition) is 1. The molecule has 1 atom stereocenters. The Bertz CT molecular complexity index is 256. The van der Waals surface area contributed by atoms with Gasteiger partial charge in [0, 0.05) is 6.92 Å². The van der Waals surface area contributed by atoms with Gasteiger partial charge in [-0.2, -0.15) is 0 Å². The van der Waals surface area contributed by atoms with Crippen molar-refractivity contribution >= 4 is 5.91 Å². The molecule has 0 aromatic heterocycles. The van der Waals surface area contributed by atoms with Gasteiger partial charge in [-0.25, -0.2) is 0 Å². The van der Waals surface area contributed by atoms with Gasteiger partial charge in [0.15, 0.2) is 0 Å². The van der Waals surface area contributed by atoms with Gasteiger partial charge in [-0.1, -0.05) is 12.1 Å². The van der Waals surface area contributed by atoms with Gasteiger partial charge in [0.25, 0.3) is 0 Å². The molecule has 0 radical (unpaired) electrons.